The summed E-state index contributed by atoms with van der Waals surface area (Å²) in [6.45, 7) is 3.64. The van der Waals surface area contributed by atoms with Gasteiger partial charge < -0.3 is 10.2 Å². The number of hydrogen-bond donors (Lipinski definition) is 1. The molecule has 0 atom stereocenters. The van der Waals surface area contributed by atoms with Gasteiger partial charge in [-0.25, -0.2) is 4.98 Å². The molecule has 1 aliphatic rings. The highest BCUT2D eigenvalue weighted by atomic mass is 32.1. The van der Waals surface area contributed by atoms with Gasteiger partial charge in [0.15, 0.2) is 10.8 Å². The predicted octanol–water partition coefficient (Wildman–Crippen LogP) is 5.68. The number of nitrogens with zero attached hydrogens (tertiary/aromatic N) is 5. The van der Waals surface area contributed by atoms with Gasteiger partial charge in [-0.3, -0.25) is 9.20 Å². The van der Waals surface area contributed by atoms with Crippen LogP contribution in [0.1, 0.15) is 18.4 Å². The lowest BCUT2D eigenvalue weighted by molar-refractivity contribution is -0.120. The van der Waals surface area contributed by atoms with Gasteiger partial charge in [-0.05, 0) is 49.6 Å². The summed E-state index contributed by atoms with van der Waals surface area (Å²) in [6, 6.07) is 20.1. The molecular weight excluding hydrogens is 468 g/mol. The minimum absolute atomic E-state index is 0.0259. The molecule has 4 heterocycles. The molecular formula is C28H26N6OS. The Morgan fingerprint density at radius 2 is 1.86 bits per heavy atom. The van der Waals surface area contributed by atoms with E-state index in [4.69, 9.17) is 0 Å². The number of anilines is 2. The summed E-state index contributed by atoms with van der Waals surface area (Å²) in [4.78, 5) is 20.9. The van der Waals surface area contributed by atoms with E-state index in [1.165, 1.54) is 5.56 Å². The zero-order valence-electron chi connectivity index (χ0n) is 20.0. The molecule has 0 bridgehead atoms. The maximum atomic E-state index is 13.0. The molecule has 1 N–H and O–H groups in total. The predicted molar refractivity (Wildman–Crippen MR) is 144 cm³/mol. The molecule has 0 radical (unpaired) electrons. The van der Waals surface area contributed by atoms with Gasteiger partial charge in [0.1, 0.15) is 0 Å². The number of thiazole rings is 1. The van der Waals surface area contributed by atoms with Gasteiger partial charge in [0.25, 0.3) is 0 Å². The van der Waals surface area contributed by atoms with Gasteiger partial charge in [0.05, 0.1) is 11.4 Å². The molecule has 0 aliphatic carbocycles. The van der Waals surface area contributed by atoms with Gasteiger partial charge in [-0.2, -0.15) is 0 Å². The molecule has 7 nitrogen and oxygen atoms in total. The lowest BCUT2D eigenvalue weighted by Crippen LogP contribution is -2.38. The first kappa shape index (κ1) is 22.4. The van der Waals surface area contributed by atoms with Gasteiger partial charge in [0.2, 0.25) is 5.91 Å². The van der Waals surface area contributed by atoms with E-state index < -0.39 is 0 Å². The van der Waals surface area contributed by atoms with Gasteiger partial charge >= 0.3 is 0 Å². The second kappa shape index (κ2) is 9.54. The summed E-state index contributed by atoms with van der Waals surface area (Å²) >= 11 is 1.60. The van der Waals surface area contributed by atoms with Crippen LogP contribution in [0.4, 0.5) is 11.5 Å². The number of carbonyl (C=O) groups is 1. The molecule has 5 aromatic rings. The van der Waals surface area contributed by atoms with Gasteiger partial charge in [-0.15, -0.1) is 21.5 Å². The fourth-order valence-corrected chi connectivity index (χ4v) is 5.44. The van der Waals surface area contributed by atoms with Gasteiger partial charge in [0, 0.05) is 53.6 Å². The number of hydrogen-bond acceptors (Lipinski definition) is 6. The summed E-state index contributed by atoms with van der Waals surface area (Å²) in [7, 11) is 0. The van der Waals surface area contributed by atoms with Crippen LogP contribution in [0.3, 0.4) is 0 Å². The van der Waals surface area contributed by atoms with Crippen molar-refractivity contribution in [2.45, 2.75) is 19.8 Å². The second-order valence-electron chi connectivity index (χ2n) is 9.14. The van der Waals surface area contributed by atoms with Crippen LogP contribution in [-0.4, -0.2) is 38.6 Å². The van der Waals surface area contributed by atoms with Crippen LogP contribution in [0, 0.1) is 12.8 Å². The van der Waals surface area contributed by atoms with Crippen molar-refractivity contribution in [1.29, 1.82) is 0 Å². The van der Waals surface area contributed by atoms with Crippen LogP contribution in [0.15, 0.2) is 78.4 Å². The summed E-state index contributed by atoms with van der Waals surface area (Å²) in [5.74, 6) is 0.902. The van der Waals surface area contributed by atoms with Crippen molar-refractivity contribution >= 4 is 33.7 Å². The Kier molecular flexibility index (Phi) is 5.95. The fraction of sp³-hybridized carbons (Fsp3) is 0.214. The fourth-order valence-electron chi connectivity index (χ4n) is 4.74. The van der Waals surface area contributed by atoms with Gasteiger partial charge in [-0.1, -0.05) is 36.4 Å². The van der Waals surface area contributed by atoms with Crippen molar-refractivity contribution in [3.05, 3.63) is 84.0 Å². The van der Waals surface area contributed by atoms with E-state index >= 15 is 0 Å². The maximum absolute atomic E-state index is 13.0. The van der Waals surface area contributed by atoms with Crippen LogP contribution in [0.25, 0.3) is 27.5 Å². The SMILES string of the molecule is Cc1ccccc1-c1ccc(N2CCC(C(=O)Nc3cccc(-c4cn5ccsc5n4)c3)CC2)nn1. The van der Waals surface area contributed by atoms with Crippen LogP contribution in [-0.2, 0) is 4.79 Å². The number of aryl methyl sites for hydroxylation is 1. The Morgan fingerprint density at radius 3 is 2.64 bits per heavy atom. The van der Waals surface area contributed by atoms with Crippen molar-refractivity contribution in [1.82, 2.24) is 19.6 Å². The summed E-state index contributed by atoms with van der Waals surface area (Å²) < 4.78 is 2.01. The number of piperidine rings is 1. The Hall–Kier alpha value is -4.04. The number of carbonyl (C=O) groups excluding carboxylic acids is 1. The van der Waals surface area contributed by atoms with Crippen molar-refractivity contribution in [2.75, 3.05) is 23.3 Å². The lowest BCUT2D eigenvalue weighted by Gasteiger charge is -2.31. The Labute approximate surface area is 213 Å². The van der Waals surface area contributed by atoms with E-state index in [1.54, 1.807) is 11.3 Å². The molecule has 8 heteroatoms. The van der Waals surface area contributed by atoms with Crippen molar-refractivity contribution < 1.29 is 4.79 Å². The van der Waals surface area contributed by atoms with Crippen LogP contribution < -0.4 is 10.2 Å². The Morgan fingerprint density at radius 1 is 1.00 bits per heavy atom. The third-order valence-electron chi connectivity index (χ3n) is 6.78. The number of benzene rings is 2. The molecule has 0 spiro atoms. The minimum atomic E-state index is -0.0259. The molecule has 1 aliphatic heterocycles. The topological polar surface area (TPSA) is 75.4 Å². The molecule has 0 unspecified atom stereocenters. The molecule has 1 fully saturated rings. The first-order valence-electron chi connectivity index (χ1n) is 12.1. The molecule has 6 rings (SSSR count). The average Bonchev–Trinajstić information content (AvgIpc) is 3.52. The third kappa shape index (κ3) is 4.47. The van der Waals surface area contributed by atoms with Crippen molar-refractivity contribution in [3.63, 3.8) is 0 Å². The molecule has 180 valence electrons. The molecule has 0 saturated carbocycles. The standard InChI is InChI=1S/C28H26N6OS/c1-19-5-2-3-8-23(19)24-9-10-26(32-31-24)33-13-11-20(12-14-33)27(35)29-22-7-4-6-21(17-22)25-18-34-15-16-36-28(34)30-25/h2-10,15-18,20H,11-14H2,1H3,(H,29,35). The Balaban J connectivity index is 1.07. The van der Waals surface area contributed by atoms with E-state index in [1.807, 2.05) is 70.7 Å². The molecule has 1 saturated heterocycles. The average molecular weight is 495 g/mol. The van der Waals surface area contributed by atoms with E-state index in [0.29, 0.717) is 0 Å². The number of rotatable bonds is 5. The van der Waals surface area contributed by atoms with Crippen LogP contribution in [0.2, 0.25) is 0 Å². The Bertz CT molecular complexity index is 1490. The highest BCUT2D eigenvalue weighted by Crippen LogP contribution is 2.27. The third-order valence-corrected chi connectivity index (χ3v) is 7.55. The summed E-state index contributed by atoms with van der Waals surface area (Å²) in [5, 5.41) is 14.1. The van der Waals surface area contributed by atoms with Crippen molar-refractivity contribution in [3.8, 4) is 22.5 Å². The summed E-state index contributed by atoms with van der Waals surface area (Å²) in [6.07, 6.45) is 5.58. The second-order valence-corrected chi connectivity index (χ2v) is 10.0. The van der Waals surface area contributed by atoms with E-state index in [-0.39, 0.29) is 11.8 Å². The first-order valence-corrected chi connectivity index (χ1v) is 13.0. The summed E-state index contributed by atoms with van der Waals surface area (Å²) in [5.41, 5.74) is 5.86. The lowest BCUT2D eigenvalue weighted by atomic mass is 9.95. The highest BCUT2D eigenvalue weighted by molar-refractivity contribution is 7.15. The minimum Gasteiger partial charge on any atom is -0.355 e. The smallest absolute Gasteiger partial charge is 0.227 e. The molecule has 2 aromatic carbocycles. The maximum Gasteiger partial charge on any atom is 0.227 e. The highest BCUT2D eigenvalue weighted by Gasteiger charge is 2.26. The van der Waals surface area contributed by atoms with E-state index in [0.717, 1.165) is 64.9 Å². The molecule has 36 heavy (non-hydrogen) atoms. The van der Waals surface area contributed by atoms with Crippen LogP contribution in [0.5, 0.6) is 0 Å². The molecule has 1 amide bonds. The molecule has 3 aromatic heterocycles. The monoisotopic (exact) mass is 494 g/mol. The zero-order valence-corrected chi connectivity index (χ0v) is 20.8. The van der Waals surface area contributed by atoms with Crippen molar-refractivity contribution in [2.24, 2.45) is 5.92 Å². The number of amides is 1. The quantitative estimate of drug-likeness (QED) is 0.340. The number of imidazole rings is 1. The number of nitrogens with one attached hydrogen (secondary N) is 1. The number of fused-ring (bicyclic) bond motifs is 1. The normalized spacial score (nSPS) is 14.3. The number of aromatic nitrogens is 4. The largest absolute Gasteiger partial charge is 0.355 e. The van der Waals surface area contributed by atoms with E-state index in [2.05, 4.69) is 44.5 Å². The van der Waals surface area contributed by atoms with Crippen LogP contribution >= 0.6 is 11.3 Å². The first-order chi connectivity index (χ1) is 17.6. The zero-order chi connectivity index (χ0) is 24.5. The van der Waals surface area contributed by atoms with E-state index in [9.17, 15) is 4.79 Å².